The van der Waals surface area contributed by atoms with Gasteiger partial charge in [0.1, 0.15) is 0 Å². The average Bonchev–Trinajstić information content (AvgIpc) is 2.33. The maximum atomic E-state index is 11.0. The van der Waals surface area contributed by atoms with Gasteiger partial charge in [-0.25, -0.2) is 4.98 Å². The number of hydrogen-bond acceptors (Lipinski definition) is 5. The highest BCUT2D eigenvalue weighted by Gasteiger charge is 2.18. The van der Waals surface area contributed by atoms with Crippen LogP contribution in [0.25, 0.3) is 0 Å². The van der Waals surface area contributed by atoms with Crippen molar-refractivity contribution in [3.63, 3.8) is 0 Å². The highest BCUT2D eigenvalue weighted by Crippen LogP contribution is 2.12. The van der Waals surface area contributed by atoms with Crippen molar-refractivity contribution in [2.75, 3.05) is 18.5 Å². The van der Waals surface area contributed by atoms with E-state index in [2.05, 4.69) is 20.6 Å². The molecule has 1 aliphatic heterocycles. The minimum Gasteiger partial charge on any atom is -0.478 e. The lowest BCUT2D eigenvalue weighted by atomic mass is 10.1. The third kappa shape index (κ3) is 3.30. The summed E-state index contributed by atoms with van der Waals surface area (Å²) in [6.07, 6.45) is 3.00. The number of piperidine rings is 1. The quantitative estimate of drug-likeness (QED) is 0.799. The summed E-state index contributed by atoms with van der Waals surface area (Å²) in [6.45, 7) is 3.10. The first-order chi connectivity index (χ1) is 8.28. The largest absolute Gasteiger partial charge is 0.478 e. The van der Waals surface area contributed by atoms with Crippen molar-refractivity contribution >= 4 is 11.9 Å². The molecule has 0 radical (unpaired) electrons. The lowest BCUT2D eigenvalue weighted by Gasteiger charge is -2.23. The third-order valence-corrected chi connectivity index (χ3v) is 2.52. The summed E-state index contributed by atoms with van der Waals surface area (Å²) >= 11 is 0. The summed E-state index contributed by atoms with van der Waals surface area (Å²) in [6, 6.07) is 1.90. The van der Waals surface area contributed by atoms with Crippen molar-refractivity contribution in [1.29, 1.82) is 0 Å². The van der Waals surface area contributed by atoms with Crippen LogP contribution in [0.5, 0.6) is 5.88 Å². The third-order valence-electron chi connectivity index (χ3n) is 2.52. The molecule has 1 saturated heterocycles. The van der Waals surface area contributed by atoms with E-state index < -0.39 is 0 Å². The highest BCUT2D eigenvalue weighted by molar-refractivity contribution is 5.76. The number of nitrogens with zero attached hydrogens (tertiary/aromatic N) is 2. The Morgan fingerprint density at radius 2 is 2.53 bits per heavy atom. The monoisotopic (exact) mass is 236 g/mol. The van der Waals surface area contributed by atoms with E-state index in [-0.39, 0.29) is 11.9 Å². The van der Waals surface area contributed by atoms with E-state index in [0.29, 0.717) is 31.4 Å². The van der Waals surface area contributed by atoms with Crippen molar-refractivity contribution in [2.45, 2.75) is 25.8 Å². The second-order valence-corrected chi connectivity index (χ2v) is 3.84. The van der Waals surface area contributed by atoms with Crippen molar-refractivity contribution in [3.8, 4) is 5.88 Å². The lowest BCUT2D eigenvalue weighted by molar-refractivity contribution is -0.122. The van der Waals surface area contributed by atoms with Gasteiger partial charge in [0, 0.05) is 31.3 Å². The zero-order valence-electron chi connectivity index (χ0n) is 9.77. The molecular formula is C11H16N4O2. The number of nitrogens with one attached hydrogen (secondary N) is 2. The number of amides is 1. The van der Waals surface area contributed by atoms with Crippen LogP contribution in [0.2, 0.25) is 0 Å². The van der Waals surface area contributed by atoms with Crippen LogP contribution in [-0.2, 0) is 4.79 Å². The van der Waals surface area contributed by atoms with Crippen LogP contribution >= 0.6 is 0 Å². The smallest absolute Gasteiger partial charge is 0.226 e. The normalized spacial score (nSPS) is 19.6. The Balaban J connectivity index is 1.93. The van der Waals surface area contributed by atoms with Gasteiger partial charge in [-0.2, -0.15) is 4.98 Å². The Morgan fingerprint density at radius 1 is 1.65 bits per heavy atom. The molecule has 1 aliphatic rings. The Bertz CT molecular complexity index is 387. The molecule has 0 saturated carbocycles. The standard InChI is InChI=1S/C11H16N4O2/c1-2-17-10-5-6-12-11(15-10)14-8-3-4-9(16)13-7-8/h5-6,8H,2-4,7H2,1H3,(H,13,16)(H,12,14,15). The van der Waals surface area contributed by atoms with Gasteiger partial charge in [0.25, 0.3) is 0 Å². The van der Waals surface area contributed by atoms with E-state index in [4.69, 9.17) is 4.74 Å². The molecule has 1 fully saturated rings. The minimum atomic E-state index is 0.104. The van der Waals surface area contributed by atoms with Crippen LogP contribution in [0.1, 0.15) is 19.8 Å². The maximum Gasteiger partial charge on any atom is 0.226 e. The van der Waals surface area contributed by atoms with Gasteiger partial charge in [-0.15, -0.1) is 0 Å². The summed E-state index contributed by atoms with van der Waals surface area (Å²) in [7, 11) is 0. The zero-order chi connectivity index (χ0) is 12.1. The number of carbonyl (C=O) groups is 1. The predicted molar refractivity (Wildman–Crippen MR) is 62.9 cm³/mol. The molecule has 0 aromatic carbocycles. The number of hydrogen-bond donors (Lipinski definition) is 2. The van der Waals surface area contributed by atoms with E-state index in [1.165, 1.54) is 0 Å². The SMILES string of the molecule is CCOc1ccnc(NC2CCC(=O)NC2)n1. The Hall–Kier alpha value is -1.85. The van der Waals surface area contributed by atoms with Crippen LogP contribution < -0.4 is 15.4 Å². The average molecular weight is 236 g/mol. The number of ether oxygens (including phenoxy) is 1. The number of carbonyl (C=O) groups excluding carboxylic acids is 1. The molecule has 6 nitrogen and oxygen atoms in total. The summed E-state index contributed by atoms with van der Waals surface area (Å²) in [5, 5.41) is 5.99. The minimum absolute atomic E-state index is 0.104. The van der Waals surface area contributed by atoms with E-state index in [1.54, 1.807) is 12.3 Å². The van der Waals surface area contributed by atoms with Gasteiger partial charge in [0.05, 0.1) is 6.61 Å². The van der Waals surface area contributed by atoms with E-state index >= 15 is 0 Å². The molecule has 6 heteroatoms. The molecule has 1 atom stereocenters. The first kappa shape index (κ1) is 11.6. The molecule has 2 heterocycles. The van der Waals surface area contributed by atoms with Gasteiger partial charge in [-0.3, -0.25) is 4.79 Å². The fourth-order valence-corrected chi connectivity index (χ4v) is 1.68. The van der Waals surface area contributed by atoms with Gasteiger partial charge >= 0.3 is 0 Å². The first-order valence-corrected chi connectivity index (χ1v) is 5.77. The Morgan fingerprint density at radius 3 is 3.24 bits per heavy atom. The molecule has 92 valence electrons. The van der Waals surface area contributed by atoms with E-state index in [0.717, 1.165) is 6.42 Å². The van der Waals surface area contributed by atoms with Crippen molar-refractivity contribution in [1.82, 2.24) is 15.3 Å². The molecule has 0 aliphatic carbocycles. The number of anilines is 1. The number of aromatic nitrogens is 2. The second kappa shape index (κ2) is 5.47. The molecule has 0 spiro atoms. The molecule has 1 aromatic rings. The molecule has 17 heavy (non-hydrogen) atoms. The Kier molecular flexibility index (Phi) is 3.74. The molecule has 2 rings (SSSR count). The predicted octanol–water partition coefficient (Wildman–Crippen LogP) is 0.566. The molecule has 1 aromatic heterocycles. The first-order valence-electron chi connectivity index (χ1n) is 5.77. The molecule has 0 bridgehead atoms. The van der Waals surface area contributed by atoms with Crippen LogP contribution in [-0.4, -0.2) is 35.1 Å². The Labute approximate surface area is 99.8 Å². The summed E-state index contributed by atoms with van der Waals surface area (Å²) in [5.74, 6) is 1.20. The van der Waals surface area contributed by atoms with Crippen LogP contribution in [0.3, 0.4) is 0 Å². The maximum absolute atomic E-state index is 11.0. The van der Waals surface area contributed by atoms with Crippen molar-refractivity contribution in [3.05, 3.63) is 12.3 Å². The topological polar surface area (TPSA) is 76.1 Å². The zero-order valence-corrected chi connectivity index (χ0v) is 9.77. The van der Waals surface area contributed by atoms with Gasteiger partial charge in [0.15, 0.2) is 0 Å². The van der Waals surface area contributed by atoms with Gasteiger partial charge in [0.2, 0.25) is 17.7 Å². The molecule has 1 amide bonds. The summed E-state index contributed by atoms with van der Waals surface area (Å²) in [4.78, 5) is 19.3. The number of rotatable bonds is 4. The molecule has 1 unspecified atom stereocenters. The molecular weight excluding hydrogens is 220 g/mol. The van der Waals surface area contributed by atoms with Crippen LogP contribution in [0, 0.1) is 0 Å². The fourth-order valence-electron chi connectivity index (χ4n) is 1.68. The van der Waals surface area contributed by atoms with E-state index in [1.807, 2.05) is 6.92 Å². The lowest BCUT2D eigenvalue weighted by Crippen LogP contribution is -2.42. The van der Waals surface area contributed by atoms with Gasteiger partial charge < -0.3 is 15.4 Å². The van der Waals surface area contributed by atoms with Gasteiger partial charge in [-0.1, -0.05) is 0 Å². The summed E-state index contributed by atoms with van der Waals surface area (Å²) < 4.78 is 5.29. The highest BCUT2D eigenvalue weighted by atomic mass is 16.5. The van der Waals surface area contributed by atoms with Crippen LogP contribution in [0.4, 0.5) is 5.95 Å². The van der Waals surface area contributed by atoms with E-state index in [9.17, 15) is 4.79 Å². The second-order valence-electron chi connectivity index (χ2n) is 3.84. The molecule has 2 N–H and O–H groups in total. The summed E-state index contributed by atoms with van der Waals surface area (Å²) in [5.41, 5.74) is 0. The van der Waals surface area contributed by atoms with Gasteiger partial charge in [-0.05, 0) is 13.3 Å². The van der Waals surface area contributed by atoms with Crippen LogP contribution in [0.15, 0.2) is 12.3 Å². The van der Waals surface area contributed by atoms with Crippen molar-refractivity contribution in [2.24, 2.45) is 0 Å². The van der Waals surface area contributed by atoms with Crippen molar-refractivity contribution < 1.29 is 9.53 Å². The fraction of sp³-hybridized carbons (Fsp3) is 0.545.